The fourth-order valence-corrected chi connectivity index (χ4v) is 5.03. The monoisotopic (exact) mass is 373 g/mol. The third-order valence-corrected chi connectivity index (χ3v) is 6.82. The van der Waals surface area contributed by atoms with Gasteiger partial charge in [0.25, 0.3) is 0 Å². The van der Waals surface area contributed by atoms with Crippen LogP contribution in [0.2, 0.25) is 0 Å². The highest BCUT2D eigenvalue weighted by Crippen LogP contribution is 2.38. The van der Waals surface area contributed by atoms with E-state index in [2.05, 4.69) is 36.1 Å². The van der Waals surface area contributed by atoms with Gasteiger partial charge in [0.05, 0.1) is 5.75 Å². The number of hydrogen-bond acceptors (Lipinski definition) is 4. The van der Waals surface area contributed by atoms with E-state index in [1.165, 1.54) is 11.1 Å². The number of rotatable bonds is 5. The number of nitrogens with zero attached hydrogens (tertiary/aromatic N) is 3. The predicted octanol–water partition coefficient (Wildman–Crippen LogP) is 2.12. The molecule has 0 bridgehead atoms. The topological polar surface area (TPSA) is 43.9 Å². The second-order valence-corrected chi connectivity index (χ2v) is 8.67. The molecule has 1 atom stereocenters. The number of carbonyl (C=O) groups excluding carboxylic acids is 2. The number of aryl methyl sites for hydroxylation is 1. The third kappa shape index (κ3) is 3.91. The summed E-state index contributed by atoms with van der Waals surface area (Å²) in [6.45, 7) is 7.25. The van der Waals surface area contributed by atoms with E-state index in [1.807, 2.05) is 9.80 Å². The lowest BCUT2D eigenvalue weighted by Crippen LogP contribution is -2.50. The molecule has 1 aromatic carbocycles. The maximum atomic E-state index is 12.4. The normalized spacial score (nSPS) is 24.3. The van der Waals surface area contributed by atoms with E-state index >= 15 is 0 Å². The van der Waals surface area contributed by atoms with Crippen molar-refractivity contribution >= 4 is 23.6 Å². The van der Waals surface area contributed by atoms with E-state index in [4.69, 9.17) is 0 Å². The zero-order valence-corrected chi connectivity index (χ0v) is 16.2. The molecule has 2 heterocycles. The largest absolute Gasteiger partial charge is 0.340 e. The molecule has 5 nitrogen and oxygen atoms in total. The van der Waals surface area contributed by atoms with Gasteiger partial charge in [-0.25, -0.2) is 0 Å². The standard InChI is InChI=1S/C20H27N3O2S/c1-15-3-2-4-17(13-15)20-23(18(24)14-26-20)12-9-21-7-10-22(11-8-21)19(25)16-5-6-16/h2-4,13,16,20H,5-12,14H2,1H3/t20-/m0/s1. The molecule has 0 unspecified atom stereocenters. The summed E-state index contributed by atoms with van der Waals surface area (Å²) in [6, 6.07) is 8.48. The smallest absolute Gasteiger partial charge is 0.233 e. The molecular formula is C20H27N3O2S. The van der Waals surface area contributed by atoms with Crippen LogP contribution in [-0.4, -0.2) is 71.5 Å². The lowest BCUT2D eigenvalue weighted by atomic mass is 10.1. The Morgan fingerprint density at radius 3 is 2.62 bits per heavy atom. The van der Waals surface area contributed by atoms with E-state index in [-0.39, 0.29) is 11.3 Å². The molecule has 0 N–H and O–H groups in total. The van der Waals surface area contributed by atoms with E-state index in [0.29, 0.717) is 17.6 Å². The molecule has 2 saturated heterocycles. The molecule has 140 valence electrons. The molecular weight excluding hydrogens is 346 g/mol. The van der Waals surface area contributed by atoms with Crippen LogP contribution in [0.25, 0.3) is 0 Å². The van der Waals surface area contributed by atoms with Gasteiger partial charge in [-0.3, -0.25) is 14.5 Å². The van der Waals surface area contributed by atoms with E-state index < -0.39 is 0 Å². The first kappa shape index (κ1) is 17.9. The second-order valence-electron chi connectivity index (χ2n) is 7.61. The van der Waals surface area contributed by atoms with E-state index in [0.717, 1.165) is 52.1 Å². The van der Waals surface area contributed by atoms with Crippen LogP contribution in [0.5, 0.6) is 0 Å². The Bertz CT molecular complexity index is 683. The lowest BCUT2D eigenvalue weighted by molar-refractivity contribution is -0.134. The van der Waals surface area contributed by atoms with Gasteiger partial charge in [-0.15, -0.1) is 11.8 Å². The highest BCUT2D eigenvalue weighted by atomic mass is 32.2. The number of amides is 2. The van der Waals surface area contributed by atoms with Crippen LogP contribution in [0.3, 0.4) is 0 Å². The molecule has 3 aliphatic rings. The van der Waals surface area contributed by atoms with Crippen LogP contribution in [0.1, 0.15) is 29.3 Å². The van der Waals surface area contributed by atoms with Crippen molar-refractivity contribution in [3.05, 3.63) is 35.4 Å². The Kier molecular flexibility index (Phi) is 5.23. The number of benzene rings is 1. The van der Waals surface area contributed by atoms with Crippen molar-refractivity contribution in [1.29, 1.82) is 0 Å². The summed E-state index contributed by atoms with van der Waals surface area (Å²) < 4.78 is 0. The fraction of sp³-hybridized carbons (Fsp3) is 0.600. The number of carbonyl (C=O) groups is 2. The summed E-state index contributed by atoms with van der Waals surface area (Å²) in [5, 5.41) is 0.139. The molecule has 0 radical (unpaired) electrons. The molecule has 2 amide bonds. The minimum absolute atomic E-state index is 0.139. The van der Waals surface area contributed by atoms with Gasteiger partial charge in [0.15, 0.2) is 0 Å². The molecule has 1 aliphatic carbocycles. The van der Waals surface area contributed by atoms with Gasteiger partial charge in [-0.1, -0.05) is 29.8 Å². The van der Waals surface area contributed by atoms with Crippen molar-refractivity contribution < 1.29 is 9.59 Å². The number of hydrogen-bond donors (Lipinski definition) is 0. The van der Waals surface area contributed by atoms with Crippen molar-refractivity contribution in [3.63, 3.8) is 0 Å². The first-order valence-corrected chi connectivity index (χ1v) is 10.7. The lowest BCUT2D eigenvalue weighted by Gasteiger charge is -2.36. The fourth-order valence-electron chi connectivity index (χ4n) is 3.83. The molecule has 0 aromatic heterocycles. The maximum absolute atomic E-state index is 12.4. The van der Waals surface area contributed by atoms with Crippen molar-refractivity contribution in [2.75, 3.05) is 45.0 Å². The van der Waals surface area contributed by atoms with Crippen LogP contribution in [0.15, 0.2) is 24.3 Å². The van der Waals surface area contributed by atoms with Gasteiger partial charge in [-0.05, 0) is 25.3 Å². The first-order valence-electron chi connectivity index (χ1n) is 9.60. The van der Waals surface area contributed by atoms with Crippen LogP contribution in [-0.2, 0) is 9.59 Å². The first-order chi connectivity index (χ1) is 12.6. The number of piperazine rings is 1. The summed E-state index contributed by atoms with van der Waals surface area (Å²) in [7, 11) is 0. The maximum Gasteiger partial charge on any atom is 0.233 e. The highest BCUT2D eigenvalue weighted by Gasteiger charge is 2.35. The summed E-state index contributed by atoms with van der Waals surface area (Å²) >= 11 is 1.73. The van der Waals surface area contributed by atoms with Gasteiger partial charge in [-0.2, -0.15) is 0 Å². The molecule has 0 spiro atoms. The Hall–Kier alpha value is -1.53. The Morgan fingerprint density at radius 2 is 1.92 bits per heavy atom. The molecule has 3 fully saturated rings. The molecule has 26 heavy (non-hydrogen) atoms. The molecule has 1 saturated carbocycles. The Morgan fingerprint density at radius 1 is 1.15 bits per heavy atom. The zero-order valence-electron chi connectivity index (χ0n) is 15.4. The van der Waals surface area contributed by atoms with Crippen molar-refractivity contribution in [2.45, 2.75) is 25.1 Å². The molecule has 1 aromatic rings. The van der Waals surface area contributed by atoms with Crippen LogP contribution < -0.4 is 0 Å². The summed E-state index contributed by atoms with van der Waals surface area (Å²) in [5.41, 5.74) is 2.46. The minimum atomic E-state index is 0.139. The zero-order chi connectivity index (χ0) is 18.1. The van der Waals surface area contributed by atoms with Gasteiger partial charge >= 0.3 is 0 Å². The average molecular weight is 374 g/mol. The van der Waals surface area contributed by atoms with Crippen LogP contribution >= 0.6 is 11.8 Å². The van der Waals surface area contributed by atoms with Crippen molar-refractivity contribution in [1.82, 2.24) is 14.7 Å². The van der Waals surface area contributed by atoms with Gasteiger partial charge in [0, 0.05) is 45.2 Å². The van der Waals surface area contributed by atoms with Gasteiger partial charge in [0.2, 0.25) is 11.8 Å². The summed E-state index contributed by atoms with van der Waals surface area (Å²) in [5.74, 6) is 1.48. The molecule has 4 rings (SSSR count). The third-order valence-electron chi connectivity index (χ3n) is 5.56. The average Bonchev–Trinajstić information content (AvgIpc) is 3.43. The predicted molar refractivity (Wildman–Crippen MR) is 104 cm³/mol. The summed E-state index contributed by atoms with van der Waals surface area (Å²) in [6.07, 6.45) is 2.16. The minimum Gasteiger partial charge on any atom is -0.340 e. The Balaban J connectivity index is 1.30. The van der Waals surface area contributed by atoms with Crippen molar-refractivity contribution in [3.8, 4) is 0 Å². The Labute approximate surface area is 159 Å². The summed E-state index contributed by atoms with van der Waals surface area (Å²) in [4.78, 5) is 31.0. The molecule has 2 aliphatic heterocycles. The second kappa shape index (κ2) is 7.61. The van der Waals surface area contributed by atoms with Gasteiger partial charge in [0.1, 0.15) is 5.37 Å². The molecule has 6 heteroatoms. The number of thioether (sulfide) groups is 1. The van der Waals surface area contributed by atoms with Crippen LogP contribution in [0.4, 0.5) is 0 Å². The SMILES string of the molecule is Cc1cccc([C@@H]2SCC(=O)N2CCN2CCN(C(=O)C3CC3)CC2)c1. The van der Waals surface area contributed by atoms with Crippen LogP contribution in [0, 0.1) is 12.8 Å². The van der Waals surface area contributed by atoms with E-state index in [1.54, 1.807) is 11.8 Å². The highest BCUT2D eigenvalue weighted by molar-refractivity contribution is 8.00. The van der Waals surface area contributed by atoms with Crippen molar-refractivity contribution in [2.24, 2.45) is 5.92 Å². The van der Waals surface area contributed by atoms with E-state index in [9.17, 15) is 9.59 Å². The quantitative estimate of drug-likeness (QED) is 0.793. The van der Waals surface area contributed by atoms with Gasteiger partial charge < -0.3 is 9.80 Å².